The van der Waals surface area contributed by atoms with Crippen LogP contribution in [0.2, 0.25) is 0 Å². The Morgan fingerprint density at radius 3 is 2.62 bits per heavy atom. The molecule has 3 rings (SSSR count). The number of aryl methyl sites for hydroxylation is 1. The van der Waals surface area contributed by atoms with Crippen LogP contribution in [-0.4, -0.2) is 16.3 Å². The van der Waals surface area contributed by atoms with Gasteiger partial charge in [0.05, 0.1) is 5.52 Å². The Hall–Kier alpha value is -1.29. The molecular weight excluding hydrogens is 330 g/mol. The number of halogens is 1. The summed E-state index contributed by atoms with van der Waals surface area (Å²) >= 11 is 3.72. The highest BCUT2D eigenvalue weighted by Gasteiger charge is 2.28. The largest absolute Gasteiger partial charge is 0.443 e. The summed E-state index contributed by atoms with van der Waals surface area (Å²) in [4.78, 5) is 12.4. The van der Waals surface area contributed by atoms with Crippen LogP contribution in [0.4, 0.5) is 4.79 Å². The van der Waals surface area contributed by atoms with E-state index in [9.17, 15) is 4.79 Å². The molecule has 1 fully saturated rings. The monoisotopic (exact) mass is 349 g/mol. The SMILES string of the molecule is Cc1cc(C2CC2)c(Br)c2ccn(C(=O)OC(C)(C)C)c12. The fourth-order valence-electron chi connectivity index (χ4n) is 2.69. The summed E-state index contributed by atoms with van der Waals surface area (Å²) in [6.07, 6.45) is 3.99. The molecule has 0 N–H and O–H groups in total. The first kappa shape index (κ1) is 14.6. The van der Waals surface area contributed by atoms with E-state index in [0.717, 1.165) is 20.9 Å². The van der Waals surface area contributed by atoms with Crippen molar-refractivity contribution in [1.29, 1.82) is 0 Å². The third-order valence-electron chi connectivity index (χ3n) is 3.73. The zero-order chi connectivity index (χ0) is 15.4. The molecule has 0 aliphatic heterocycles. The van der Waals surface area contributed by atoms with E-state index in [1.165, 1.54) is 18.4 Å². The van der Waals surface area contributed by atoms with Gasteiger partial charge in [0.15, 0.2) is 0 Å². The summed E-state index contributed by atoms with van der Waals surface area (Å²) in [6, 6.07) is 4.19. The second kappa shape index (κ2) is 4.87. The lowest BCUT2D eigenvalue weighted by Crippen LogP contribution is -2.26. The van der Waals surface area contributed by atoms with Gasteiger partial charge in [0.1, 0.15) is 5.60 Å². The maximum atomic E-state index is 12.4. The van der Waals surface area contributed by atoms with E-state index in [4.69, 9.17) is 4.74 Å². The van der Waals surface area contributed by atoms with Crippen LogP contribution in [0.5, 0.6) is 0 Å². The van der Waals surface area contributed by atoms with Gasteiger partial charge in [-0.05, 0) is 79.6 Å². The zero-order valence-electron chi connectivity index (χ0n) is 12.9. The Bertz CT molecular complexity index is 720. The molecule has 0 spiro atoms. The zero-order valence-corrected chi connectivity index (χ0v) is 14.5. The lowest BCUT2D eigenvalue weighted by molar-refractivity contribution is 0.0544. The predicted octanol–water partition coefficient (Wildman–Crippen LogP) is 5.37. The molecule has 112 valence electrons. The van der Waals surface area contributed by atoms with Crippen molar-refractivity contribution in [3.63, 3.8) is 0 Å². The van der Waals surface area contributed by atoms with Crippen molar-refractivity contribution in [2.24, 2.45) is 0 Å². The number of rotatable bonds is 1. The molecule has 2 aromatic rings. The van der Waals surface area contributed by atoms with Crippen molar-refractivity contribution in [1.82, 2.24) is 4.57 Å². The van der Waals surface area contributed by atoms with Crippen molar-refractivity contribution < 1.29 is 9.53 Å². The van der Waals surface area contributed by atoms with Crippen LogP contribution in [-0.2, 0) is 4.74 Å². The minimum Gasteiger partial charge on any atom is -0.443 e. The first-order valence-electron chi connectivity index (χ1n) is 7.31. The highest BCUT2D eigenvalue weighted by molar-refractivity contribution is 9.10. The minimum atomic E-state index is -0.493. The summed E-state index contributed by atoms with van der Waals surface area (Å²) < 4.78 is 8.21. The summed E-state index contributed by atoms with van der Waals surface area (Å²) in [5, 5.41) is 1.09. The molecule has 21 heavy (non-hydrogen) atoms. The Labute approximate surface area is 133 Å². The smallest absolute Gasteiger partial charge is 0.419 e. The molecule has 3 nitrogen and oxygen atoms in total. The normalized spacial score (nSPS) is 15.5. The molecule has 0 saturated heterocycles. The predicted molar refractivity (Wildman–Crippen MR) is 88.0 cm³/mol. The molecule has 1 aromatic carbocycles. The van der Waals surface area contributed by atoms with Gasteiger partial charge < -0.3 is 4.74 Å². The van der Waals surface area contributed by atoms with Gasteiger partial charge in [0.25, 0.3) is 0 Å². The molecule has 1 aromatic heterocycles. The number of carbonyl (C=O) groups is 1. The van der Waals surface area contributed by atoms with Crippen LogP contribution in [0.15, 0.2) is 22.8 Å². The average Bonchev–Trinajstić information content (AvgIpc) is 3.08. The van der Waals surface area contributed by atoms with Crippen LogP contribution < -0.4 is 0 Å². The number of benzene rings is 1. The van der Waals surface area contributed by atoms with Crippen molar-refractivity contribution >= 4 is 32.9 Å². The van der Waals surface area contributed by atoms with Crippen LogP contribution in [0.1, 0.15) is 50.7 Å². The van der Waals surface area contributed by atoms with Crippen molar-refractivity contribution in [3.8, 4) is 0 Å². The van der Waals surface area contributed by atoms with Gasteiger partial charge >= 0.3 is 6.09 Å². The minimum absolute atomic E-state index is 0.327. The van der Waals surface area contributed by atoms with Crippen LogP contribution in [0.3, 0.4) is 0 Å². The second-order valence-corrected chi connectivity index (χ2v) is 7.59. The Morgan fingerprint density at radius 1 is 1.38 bits per heavy atom. The maximum absolute atomic E-state index is 12.4. The lowest BCUT2D eigenvalue weighted by atomic mass is 10.0. The standard InChI is InChI=1S/C17H20BrNO2/c1-10-9-13(11-5-6-11)14(18)12-7-8-19(15(10)12)16(20)21-17(2,3)4/h7-9,11H,5-6H2,1-4H3. The molecule has 0 atom stereocenters. The fourth-order valence-corrected chi connectivity index (χ4v) is 3.45. The van der Waals surface area contributed by atoms with Crippen molar-refractivity contribution in [3.05, 3.63) is 33.9 Å². The number of hydrogen-bond acceptors (Lipinski definition) is 2. The molecule has 0 unspecified atom stereocenters. The van der Waals surface area contributed by atoms with E-state index in [0.29, 0.717) is 5.92 Å². The lowest BCUT2D eigenvalue weighted by Gasteiger charge is -2.20. The van der Waals surface area contributed by atoms with Crippen molar-refractivity contribution in [2.45, 2.75) is 52.1 Å². The van der Waals surface area contributed by atoms with E-state index in [2.05, 4.69) is 28.9 Å². The molecule has 4 heteroatoms. The third kappa shape index (κ3) is 2.73. The van der Waals surface area contributed by atoms with E-state index in [1.807, 2.05) is 26.8 Å². The number of nitrogens with zero attached hydrogens (tertiary/aromatic N) is 1. The average molecular weight is 350 g/mol. The highest BCUT2D eigenvalue weighted by atomic mass is 79.9. The summed E-state index contributed by atoms with van der Waals surface area (Å²) in [5.41, 5.74) is 2.92. The number of carbonyl (C=O) groups excluding carboxylic acids is 1. The molecule has 1 saturated carbocycles. The topological polar surface area (TPSA) is 31.2 Å². The summed E-state index contributed by atoms with van der Waals surface area (Å²) in [7, 11) is 0. The number of ether oxygens (including phenoxy) is 1. The third-order valence-corrected chi connectivity index (χ3v) is 4.61. The van der Waals surface area contributed by atoms with Gasteiger partial charge in [-0.25, -0.2) is 4.79 Å². The van der Waals surface area contributed by atoms with Gasteiger partial charge in [-0.1, -0.05) is 6.07 Å². The Balaban J connectivity index is 2.10. The molecule has 1 heterocycles. The van der Waals surface area contributed by atoms with E-state index in [-0.39, 0.29) is 6.09 Å². The molecular formula is C17H20BrNO2. The van der Waals surface area contributed by atoms with Crippen LogP contribution in [0, 0.1) is 6.92 Å². The Morgan fingerprint density at radius 2 is 2.05 bits per heavy atom. The summed E-state index contributed by atoms with van der Waals surface area (Å²) in [6.45, 7) is 7.70. The first-order valence-corrected chi connectivity index (χ1v) is 8.10. The fraction of sp³-hybridized carbons (Fsp3) is 0.471. The first-order chi connectivity index (χ1) is 9.78. The van der Waals surface area contributed by atoms with Gasteiger partial charge in [0, 0.05) is 16.1 Å². The van der Waals surface area contributed by atoms with Crippen LogP contribution in [0.25, 0.3) is 10.9 Å². The highest BCUT2D eigenvalue weighted by Crippen LogP contribution is 2.46. The van der Waals surface area contributed by atoms with E-state index >= 15 is 0 Å². The van der Waals surface area contributed by atoms with Gasteiger partial charge in [-0.2, -0.15) is 0 Å². The van der Waals surface area contributed by atoms with E-state index < -0.39 is 5.60 Å². The second-order valence-electron chi connectivity index (χ2n) is 6.80. The quantitative estimate of drug-likeness (QED) is 0.692. The number of aromatic nitrogens is 1. The van der Waals surface area contributed by atoms with E-state index in [1.54, 1.807) is 10.8 Å². The van der Waals surface area contributed by atoms with Gasteiger partial charge in [-0.3, -0.25) is 4.57 Å². The van der Waals surface area contributed by atoms with Crippen molar-refractivity contribution in [2.75, 3.05) is 0 Å². The molecule has 0 radical (unpaired) electrons. The molecule has 1 aliphatic rings. The van der Waals surface area contributed by atoms with Gasteiger partial charge in [-0.15, -0.1) is 0 Å². The number of fused-ring (bicyclic) bond motifs is 1. The Kier molecular flexibility index (Phi) is 3.40. The number of hydrogen-bond donors (Lipinski definition) is 0. The maximum Gasteiger partial charge on any atom is 0.419 e. The molecule has 1 aliphatic carbocycles. The summed E-state index contributed by atoms with van der Waals surface area (Å²) in [5.74, 6) is 0.673. The van der Waals surface area contributed by atoms with Gasteiger partial charge in [0.2, 0.25) is 0 Å². The molecule has 0 amide bonds. The molecule has 0 bridgehead atoms. The van der Waals surface area contributed by atoms with Crippen LogP contribution >= 0.6 is 15.9 Å².